The van der Waals surface area contributed by atoms with E-state index in [0.717, 1.165) is 13.0 Å². The Morgan fingerprint density at radius 2 is 2.05 bits per heavy atom. The van der Waals surface area contributed by atoms with Crippen molar-refractivity contribution in [3.05, 3.63) is 34.9 Å². The van der Waals surface area contributed by atoms with Crippen LogP contribution in [-0.2, 0) is 11.3 Å². The summed E-state index contributed by atoms with van der Waals surface area (Å²) in [5.41, 5.74) is 0.491. The van der Waals surface area contributed by atoms with Crippen molar-refractivity contribution in [1.82, 2.24) is 24.0 Å². The molecular formula is C15H23N5O2. The van der Waals surface area contributed by atoms with Crippen LogP contribution in [0.25, 0.3) is 5.65 Å². The summed E-state index contributed by atoms with van der Waals surface area (Å²) >= 11 is 0. The van der Waals surface area contributed by atoms with E-state index in [1.165, 1.54) is 9.08 Å². The van der Waals surface area contributed by atoms with Crippen molar-refractivity contribution in [3.8, 4) is 0 Å². The third kappa shape index (κ3) is 3.73. The van der Waals surface area contributed by atoms with E-state index in [1.54, 1.807) is 37.3 Å². The molecule has 0 radical (unpaired) electrons. The lowest BCUT2D eigenvalue weighted by Gasteiger charge is -2.22. The fourth-order valence-electron chi connectivity index (χ4n) is 2.27. The fourth-order valence-corrected chi connectivity index (χ4v) is 2.27. The quantitative estimate of drug-likeness (QED) is 0.738. The SMILES string of the molecule is CCCN(CCn1nc2ccccn2c1=O)CC(=O)N(C)C. The highest BCUT2D eigenvalue weighted by Crippen LogP contribution is 1.98. The van der Waals surface area contributed by atoms with Gasteiger partial charge in [-0.15, -0.1) is 5.10 Å². The minimum absolute atomic E-state index is 0.0656. The molecule has 0 N–H and O–H groups in total. The second kappa shape index (κ2) is 7.22. The molecule has 1 amide bonds. The van der Waals surface area contributed by atoms with Crippen molar-refractivity contribution in [1.29, 1.82) is 0 Å². The average molecular weight is 305 g/mol. The predicted octanol–water partition coefficient (Wildman–Crippen LogP) is 0.296. The highest BCUT2D eigenvalue weighted by atomic mass is 16.2. The van der Waals surface area contributed by atoms with Gasteiger partial charge in [-0.1, -0.05) is 13.0 Å². The van der Waals surface area contributed by atoms with Crippen molar-refractivity contribution in [3.63, 3.8) is 0 Å². The standard InChI is InChI=1S/C15H23N5O2/c1-4-8-18(12-14(21)17(2)3)10-11-20-15(22)19-9-6-5-7-13(19)16-20/h5-7,9H,4,8,10-12H2,1-3H3. The van der Waals surface area contributed by atoms with Gasteiger partial charge < -0.3 is 4.90 Å². The van der Waals surface area contributed by atoms with Crippen LogP contribution in [-0.4, -0.2) is 63.6 Å². The second-order valence-electron chi connectivity index (χ2n) is 5.50. The predicted molar refractivity (Wildman–Crippen MR) is 84.9 cm³/mol. The van der Waals surface area contributed by atoms with Crippen molar-refractivity contribution < 1.29 is 4.79 Å². The molecule has 0 aromatic carbocycles. The van der Waals surface area contributed by atoms with Gasteiger partial charge in [-0.05, 0) is 25.1 Å². The highest BCUT2D eigenvalue weighted by molar-refractivity contribution is 5.77. The molecule has 7 heteroatoms. The van der Waals surface area contributed by atoms with E-state index in [2.05, 4.69) is 16.9 Å². The van der Waals surface area contributed by atoms with Gasteiger partial charge in [0, 0.05) is 26.8 Å². The van der Waals surface area contributed by atoms with Crippen LogP contribution in [0.2, 0.25) is 0 Å². The summed E-state index contributed by atoms with van der Waals surface area (Å²) in [7, 11) is 3.50. The Morgan fingerprint density at radius 3 is 2.68 bits per heavy atom. The number of pyridine rings is 1. The molecule has 0 spiro atoms. The van der Waals surface area contributed by atoms with Crippen LogP contribution in [0, 0.1) is 0 Å². The first kappa shape index (κ1) is 16.2. The fraction of sp³-hybridized carbons (Fsp3) is 0.533. The molecule has 0 aliphatic rings. The van der Waals surface area contributed by atoms with Gasteiger partial charge in [0.25, 0.3) is 0 Å². The highest BCUT2D eigenvalue weighted by Gasteiger charge is 2.13. The molecular weight excluding hydrogens is 282 g/mol. The number of amides is 1. The first-order valence-corrected chi connectivity index (χ1v) is 7.49. The lowest BCUT2D eigenvalue weighted by Crippen LogP contribution is -2.39. The zero-order chi connectivity index (χ0) is 16.1. The Bertz CT molecular complexity index is 689. The number of carbonyl (C=O) groups is 1. The van der Waals surface area contributed by atoms with Crippen LogP contribution in [0.5, 0.6) is 0 Å². The lowest BCUT2D eigenvalue weighted by molar-refractivity contribution is -0.129. The Kier molecular flexibility index (Phi) is 5.32. The summed E-state index contributed by atoms with van der Waals surface area (Å²) in [5, 5.41) is 4.30. The van der Waals surface area contributed by atoms with Crippen LogP contribution in [0.15, 0.2) is 29.2 Å². The maximum atomic E-state index is 12.2. The molecule has 0 atom stereocenters. The topological polar surface area (TPSA) is 62.9 Å². The van der Waals surface area contributed by atoms with E-state index in [0.29, 0.717) is 25.3 Å². The third-order valence-corrected chi connectivity index (χ3v) is 3.51. The molecule has 0 aliphatic heterocycles. The zero-order valence-electron chi connectivity index (χ0n) is 13.4. The van der Waals surface area contributed by atoms with E-state index in [9.17, 15) is 9.59 Å². The molecule has 0 unspecified atom stereocenters. The van der Waals surface area contributed by atoms with Gasteiger partial charge in [0.05, 0.1) is 13.1 Å². The number of carbonyl (C=O) groups excluding carboxylic acids is 1. The van der Waals surface area contributed by atoms with Gasteiger partial charge in [-0.2, -0.15) is 0 Å². The first-order valence-electron chi connectivity index (χ1n) is 7.49. The molecule has 0 bridgehead atoms. The summed E-state index contributed by atoms with van der Waals surface area (Å²) in [6, 6.07) is 5.46. The van der Waals surface area contributed by atoms with E-state index in [-0.39, 0.29) is 11.6 Å². The minimum atomic E-state index is -0.147. The number of aromatic nitrogens is 3. The van der Waals surface area contributed by atoms with Gasteiger partial charge in [0.1, 0.15) is 0 Å². The Balaban J connectivity index is 2.06. The van der Waals surface area contributed by atoms with Crippen LogP contribution < -0.4 is 5.69 Å². The largest absolute Gasteiger partial charge is 0.350 e. The number of hydrogen-bond acceptors (Lipinski definition) is 4. The molecule has 2 aromatic rings. The third-order valence-electron chi connectivity index (χ3n) is 3.51. The molecule has 2 heterocycles. The van der Waals surface area contributed by atoms with Gasteiger partial charge in [-0.25, -0.2) is 9.48 Å². The van der Waals surface area contributed by atoms with Gasteiger partial charge >= 0.3 is 5.69 Å². The normalized spacial score (nSPS) is 11.3. The molecule has 120 valence electrons. The van der Waals surface area contributed by atoms with Crippen LogP contribution in [0.3, 0.4) is 0 Å². The molecule has 0 aliphatic carbocycles. The van der Waals surface area contributed by atoms with E-state index in [4.69, 9.17) is 0 Å². The smallest absolute Gasteiger partial charge is 0.348 e. The number of hydrogen-bond donors (Lipinski definition) is 0. The lowest BCUT2D eigenvalue weighted by atomic mass is 10.3. The second-order valence-corrected chi connectivity index (χ2v) is 5.50. The summed E-state index contributed by atoms with van der Waals surface area (Å²) in [5.74, 6) is 0.0656. The van der Waals surface area contributed by atoms with E-state index in [1.807, 2.05) is 6.07 Å². The first-order chi connectivity index (χ1) is 10.5. The Morgan fingerprint density at radius 1 is 1.27 bits per heavy atom. The number of nitrogens with zero attached hydrogens (tertiary/aromatic N) is 5. The molecule has 7 nitrogen and oxygen atoms in total. The maximum absolute atomic E-state index is 12.2. The van der Waals surface area contributed by atoms with Gasteiger partial charge in [0.15, 0.2) is 5.65 Å². The average Bonchev–Trinajstić information content (AvgIpc) is 2.82. The zero-order valence-corrected chi connectivity index (χ0v) is 13.4. The van der Waals surface area contributed by atoms with Gasteiger partial charge in [-0.3, -0.25) is 14.1 Å². The van der Waals surface area contributed by atoms with Crippen LogP contribution in [0.1, 0.15) is 13.3 Å². The number of rotatable bonds is 7. The van der Waals surface area contributed by atoms with Crippen LogP contribution >= 0.6 is 0 Å². The Labute approximate surface area is 129 Å². The van der Waals surface area contributed by atoms with E-state index < -0.39 is 0 Å². The number of fused-ring (bicyclic) bond motifs is 1. The number of likely N-dealkylation sites (N-methyl/N-ethyl adjacent to an activating group) is 1. The molecule has 2 aromatic heterocycles. The van der Waals surface area contributed by atoms with E-state index >= 15 is 0 Å². The van der Waals surface area contributed by atoms with Crippen molar-refractivity contribution in [2.75, 3.05) is 33.7 Å². The monoisotopic (exact) mass is 305 g/mol. The minimum Gasteiger partial charge on any atom is -0.348 e. The summed E-state index contributed by atoms with van der Waals surface area (Å²) in [6.07, 6.45) is 2.67. The summed E-state index contributed by atoms with van der Waals surface area (Å²) in [4.78, 5) is 27.7. The Hall–Kier alpha value is -2.15. The molecule has 22 heavy (non-hydrogen) atoms. The molecule has 0 saturated heterocycles. The van der Waals surface area contributed by atoms with Crippen molar-refractivity contribution >= 4 is 11.6 Å². The van der Waals surface area contributed by atoms with Gasteiger partial charge in [0.2, 0.25) is 5.91 Å². The summed E-state index contributed by atoms with van der Waals surface area (Å²) < 4.78 is 2.98. The van der Waals surface area contributed by atoms with Crippen LogP contribution in [0.4, 0.5) is 0 Å². The maximum Gasteiger partial charge on any atom is 0.350 e. The molecule has 0 fully saturated rings. The molecule has 0 saturated carbocycles. The van der Waals surface area contributed by atoms with Crippen molar-refractivity contribution in [2.24, 2.45) is 0 Å². The molecule has 2 rings (SSSR count). The summed E-state index contributed by atoms with van der Waals surface area (Å²) in [6.45, 7) is 4.35. The van der Waals surface area contributed by atoms with Crippen molar-refractivity contribution in [2.45, 2.75) is 19.9 Å².